The summed E-state index contributed by atoms with van der Waals surface area (Å²) in [4.78, 5) is 0. The Morgan fingerprint density at radius 2 is 2.12 bits per heavy atom. The van der Waals surface area contributed by atoms with Gasteiger partial charge in [-0.15, -0.1) is 6.58 Å². The van der Waals surface area contributed by atoms with E-state index in [2.05, 4.69) is 40.0 Å². The Bertz CT molecular complexity index is 378. The SMILES string of the molecule is C=C[C@@]1(C)CC[C@]2(O[C@@H](C=C(C)C)CC2=C)O1. The van der Waals surface area contributed by atoms with Crippen molar-refractivity contribution < 1.29 is 9.47 Å². The molecule has 2 aliphatic rings. The molecule has 94 valence electrons. The maximum atomic E-state index is 6.10. The zero-order chi connectivity index (χ0) is 12.7. The molecule has 0 N–H and O–H groups in total. The number of ether oxygens (including phenoxy) is 2. The van der Waals surface area contributed by atoms with Crippen LogP contribution in [0.15, 0.2) is 36.5 Å². The van der Waals surface area contributed by atoms with Crippen molar-refractivity contribution in [2.45, 2.75) is 57.5 Å². The van der Waals surface area contributed by atoms with Crippen LogP contribution >= 0.6 is 0 Å². The zero-order valence-corrected chi connectivity index (χ0v) is 11.1. The third kappa shape index (κ3) is 2.24. The second-order valence-corrected chi connectivity index (χ2v) is 5.58. The molecule has 2 rings (SSSR count). The Hall–Kier alpha value is -0.860. The highest BCUT2D eigenvalue weighted by molar-refractivity contribution is 5.23. The largest absolute Gasteiger partial charge is 0.338 e. The number of hydrogen-bond donors (Lipinski definition) is 0. The minimum Gasteiger partial charge on any atom is -0.338 e. The molecule has 0 aromatic heterocycles. The van der Waals surface area contributed by atoms with Crippen molar-refractivity contribution >= 4 is 0 Å². The summed E-state index contributed by atoms with van der Waals surface area (Å²) in [5.41, 5.74) is 2.05. The highest BCUT2D eigenvalue weighted by atomic mass is 16.7. The third-order valence-electron chi connectivity index (χ3n) is 3.63. The molecule has 0 amide bonds. The molecule has 0 radical (unpaired) electrons. The molecule has 0 aliphatic carbocycles. The minimum atomic E-state index is -0.570. The fraction of sp³-hybridized carbons (Fsp3) is 0.600. The fourth-order valence-corrected chi connectivity index (χ4v) is 2.60. The van der Waals surface area contributed by atoms with Crippen LogP contribution in [-0.4, -0.2) is 17.5 Å². The summed E-state index contributed by atoms with van der Waals surface area (Å²) in [7, 11) is 0. The van der Waals surface area contributed by atoms with Crippen LogP contribution in [0.1, 0.15) is 40.0 Å². The first-order valence-corrected chi connectivity index (χ1v) is 6.24. The van der Waals surface area contributed by atoms with Crippen LogP contribution in [0.25, 0.3) is 0 Å². The Morgan fingerprint density at radius 3 is 2.65 bits per heavy atom. The van der Waals surface area contributed by atoms with Gasteiger partial charge in [0.25, 0.3) is 0 Å². The summed E-state index contributed by atoms with van der Waals surface area (Å²) < 4.78 is 12.2. The Kier molecular flexibility index (Phi) is 3.04. The van der Waals surface area contributed by atoms with Crippen molar-refractivity contribution in [2.24, 2.45) is 0 Å². The summed E-state index contributed by atoms with van der Waals surface area (Å²) in [6, 6.07) is 0. The van der Waals surface area contributed by atoms with Crippen molar-refractivity contribution in [3.8, 4) is 0 Å². The van der Waals surface area contributed by atoms with Gasteiger partial charge in [-0.2, -0.15) is 0 Å². The van der Waals surface area contributed by atoms with Crippen LogP contribution in [0.4, 0.5) is 0 Å². The smallest absolute Gasteiger partial charge is 0.192 e. The monoisotopic (exact) mass is 234 g/mol. The first kappa shape index (κ1) is 12.6. The Labute approximate surface area is 104 Å². The van der Waals surface area contributed by atoms with Gasteiger partial charge in [0.15, 0.2) is 5.79 Å². The van der Waals surface area contributed by atoms with E-state index in [-0.39, 0.29) is 11.7 Å². The van der Waals surface area contributed by atoms with Crippen molar-refractivity contribution in [3.63, 3.8) is 0 Å². The highest BCUT2D eigenvalue weighted by Crippen LogP contribution is 2.49. The van der Waals surface area contributed by atoms with E-state index in [1.54, 1.807) is 0 Å². The van der Waals surface area contributed by atoms with Gasteiger partial charge in [0.1, 0.15) is 0 Å². The molecule has 0 bridgehead atoms. The van der Waals surface area contributed by atoms with Crippen LogP contribution < -0.4 is 0 Å². The second-order valence-electron chi connectivity index (χ2n) is 5.58. The normalized spacial score (nSPS) is 40.9. The third-order valence-corrected chi connectivity index (χ3v) is 3.63. The summed E-state index contributed by atoms with van der Waals surface area (Å²) in [6.45, 7) is 14.2. The maximum Gasteiger partial charge on any atom is 0.192 e. The first-order chi connectivity index (χ1) is 7.89. The van der Waals surface area contributed by atoms with Gasteiger partial charge in [-0.1, -0.05) is 24.3 Å². The topological polar surface area (TPSA) is 18.5 Å². The van der Waals surface area contributed by atoms with E-state index in [0.717, 1.165) is 24.8 Å². The Morgan fingerprint density at radius 1 is 1.41 bits per heavy atom. The van der Waals surface area contributed by atoms with E-state index in [1.807, 2.05) is 6.08 Å². The lowest BCUT2D eigenvalue weighted by molar-refractivity contribution is -0.204. The van der Waals surface area contributed by atoms with Crippen LogP contribution in [-0.2, 0) is 9.47 Å². The van der Waals surface area contributed by atoms with E-state index in [1.165, 1.54) is 5.57 Å². The van der Waals surface area contributed by atoms with Gasteiger partial charge in [0, 0.05) is 12.8 Å². The van der Waals surface area contributed by atoms with Crippen molar-refractivity contribution in [1.82, 2.24) is 0 Å². The van der Waals surface area contributed by atoms with Gasteiger partial charge >= 0.3 is 0 Å². The predicted molar refractivity (Wildman–Crippen MR) is 69.7 cm³/mol. The molecule has 0 unspecified atom stereocenters. The summed E-state index contributed by atoms with van der Waals surface area (Å²) in [6.07, 6.45) is 6.80. The molecule has 0 aromatic carbocycles. The van der Waals surface area contributed by atoms with E-state index >= 15 is 0 Å². The van der Waals surface area contributed by atoms with Crippen LogP contribution in [0.2, 0.25) is 0 Å². The predicted octanol–water partition coefficient (Wildman–Crippen LogP) is 3.75. The lowest BCUT2D eigenvalue weighted by Crippen LogP contribution is -2.33. The van der Waals surface area contributed by atoms with Gasteiger partial charge in [-0.3, -0.25) is 0 Å². The quantitative estimate of drug-likeness (QED) is 0.677. The number of hydrogen-bond acceptors (Lipinski definition) is 2. The van der Waals surface area contributed by atoms with Gasteiger partial charge in [-0.25, -0.2) is 0 Å². The molecule has 0 saturated carbocycles. The molecule has 2 heteroatoms. The van der Waals surface area contributed by atoms with Crippen molar-refractivity contribution in [3.05, 3.63) is 36.5 Å². The fourth-order valence-electron chi connectivity index (χ4n) is 2.60. The lowest BCUT2D eigenvalue weighted by Gasteiger charge is -2.28. The highest BCUT2D eigenvalue weighted by Gasteiger charge is 2.52. The summed E-state index contributed by atoms with van der Waals surface area (Å²) >= 11 is 0. The average Bonchev–Trinajstić information content (AvgIpc) is 2.70. The van der Waals surface area contributed by atoms with Crippen LogP contribution in [0, 0.1) is 0 Å². The Balaban J connectivity index is 2.16. The minimum absolute atomic E-state index is 0.111. The molecule has 2 nitrogen and oxygen atoms in total. The van der Waals surface area contributed by atoms with Gasteiger partial charge in [0.05, 0.1) is 11.7 Å². The van der Waals surface area contributed by atoms with E-state index in [9.17, 15) is 0 Å². The summed E-state index contributed by atoms with van der Waals surface area (Å²) in [5, 5.41) is 0. The standard InChI is InChI=1S/C15H22O2/c1-6-14(5)7-8-15(17-14)12(4)10-13(16-15)9-11(2)3/h6,9,13H,1,4,7-8,10H2,2-3,5H3/t13-,14-,15-/m0/s1. The van der Waals surface area contributed by atoms with Crippen LogP contribution in [0.5, 0.6) is 0 Å². The molecular weight excluding hydrogens is 212 g/mol. The van der Waals surface area contributed by atoms with E-state index < -0.39 is 5.79 Å². The maximum absolute atomic E-state index is 6.10. The molecule has 2 heterocycles. The van der Waals surface area contributed by atoms with Gasteiger partial charge in [-0.05, 0) is 32.8 Å². The molecule has 1 spiro atoms. The molecule has 2 aliphatic heterocycles. The van der Waals surface area contributed by atoms with Crippen molar-refractivity contribution in [1.29, 1.82) is 0 Å². The molecule has 17 heavy (non-hydrogen) atoms. The molecule has 2 saturated heterocycles. The van der Waals surface area contributed by atoms with E-state index in [0.29, 0.717) is 0 Å². The second kappa shape index (κ2) is 4.11. The van der Waals surface area contributed by atoms with Gasteiger partial charge < -0.3 is 9.47 Å². The van der Waals surface area contributed by atoms with E-state index in [4.69, 9.17) is 9.47 Å². The van der Waals surface area contributed by atoms with Gasteiger partial charge in [0.2, 0.25) is 0 Å². The average molecular weight is 234 g/mol. The molecule has 2 fully saturated rings. The number of rotatable bonds is 2. The first-order valence-electron chi connectivity index (χ1n) is 6.24. The molecule has 0 aromatic rings. The molecule has 3 atom stereocenters. The van der Waals surface area contributed by atoms with Crippen molar-refractivity contribution in [2.75, 3.05) is 0 Å². The number of allylic oxidation sites excluding steroid dienone is 1. The van der Waals surface area contributed by atoms with Crippen LogP contribution in [0.3, 0.4) is 0 Å². The summed E-state index contributed by atoms with van der Waals surface area (Å²) in [5.74, 6) is -0.570. The lowest BCUT2D eigenvalue weighted by atomic mass is 9.99. The zero-order valence-electron chi connectivity index (χ0n) is 11.1. The molecular formula is C15H22O2.